The van der Waals surface area contributed by atoms with E-state index in [1.807, 2.05) is 0 Å². The molecule has 9 heteroatoms. The molecule has 0 fully saturated rings. The van der Waals surface area contributed by atoms with Crippen LogP contribution in [0.5, 0.6) is 0 Å². The number of rotatable bonds is 4. The van der Waals surface area contributed by atoms with E-state index in [0.29, 0.717) is 5.82 Å². The lowest BCUT2D eigenvalue weighted by Gasteiger charge is -2.23. The summed E-state index contributed by atoms with van der Waals surface area (Å²) in [6.45, 7) is 3.23. The molecule has 0 atom stereocenters. The lowest BCUT2D eigenvalue weighted by atomic mass is 10.1. The molecule has 106 valence electrons. The van der Waals surface area contributed by atoms with Crippen LogP contribution in [-0.4, -0.2) is 30.4 Å². The van der Waals surface area contributed by atoms with Crippen LogP contribution in [0.25, 0.3) is 0 Å². The fourth-order valence-corrected chi connectivity index (χ4v) is 1.57. The number of nitrogens with zero attached hydrogens (tertiary/aromatic N) is 5. The summed E-state index contributed by atoms with van der Waals surface area (Å²) in [5.41, 5.74) is -1.24. The molecule has 1 N–H and O–H groups in total. The lowest BCUT2D eigenvalue weighted by molar-refractivity contribution is -0.385. The number of carbonyl (C=O) groups excluding carboxylic acids is 1. The molecule has 0 radical (unpaired) electrons. The van der Waals surface area contributed by atoms with Gasteiger partial charge in [-0.1, -0.05) is 0 Å². The van der Waals surface area contributed by atoms with Gasteiger partial charge >= 0.3 is 5.69 Å². The maximum absolute atomic E-state index is 12.2. The number of nitrogens with one attached hydrogen (secondary N) is 1. The van der Waals surface area contributed by atoms with Crippen molar-refractivity contribution in [1.82, 2.24) is 19.6 Å². The number of carbonyl (C=O) groups is 1. The molecule has 2 rings (SSSR count). The van der Waals surface area contributed by atoms with Gasteiger partial charge in [-0.15, -0.1) is 0 Å². The Balaban J connectivity index is 2.19. The second-order valence-electron chi connectivity index (χ2n) is 4.79. The maximum atomic E-state index is 12.2. The summed E-state index contributed by atoms with van der Waals surface area (Å²) >= 11 is 0. The van der Waals surface area contributed by atoms with Crippen LogP contribution in [-0.2, 0) is 17.4 Å². The fourth-order valence-electron chi connectivity index (χ4n) is 1.57. The third-order valence-corrected chi connectivity index (χ3v) is 2.86. The zero-order chi connectivity index (χ0) is 14.9. The third kappa shape index (κ3) is 2.51. The molecule has 0 unspecified atom stereocenters. The van der Waals surface area contributed by atoms with E-state index in [9.17, 15) is 14.9 Å². The highest BCUT2D eigenvalue weighted by Crippen LogP contribution is 2.20. The second-order valence-corrected chi connectivity index (χ2v) is 4.79. The summed E-state index contributed by atoms with van der Waals surface area (Å²) in [6.07, 6.45) is 4.02. The van der Waals surface area contributed by atoms with Gasteiger partial charge in [0.1, 0.15) is 17.9 Å². The van der Waals surface area contributed by atoms with Crippen molar-refractivity contribution in [2.45, 2.75) is 19.4 Å². The first-order valence-electron chi connectivity index (χ1n) is 5.81. The Morgan fingerprint density at radius 2 is 2.20 bits per heavy atom. The largest absolute Gasteiger partial charge is 0.307 e. The summed E-state index contributed by atoms with van der Waals surface area (Å²) in [5, 5.41) is 21.2. The Kier molecular flexibility index (Phi) is 3.26. The molecule has 0 aliphatic heterocycles. The molecule has 9 nitrogen and oxygen atoms in total. The van der Waals surface area contributed by atoms with Crippen LogP contribution in [0, 0.1) is 10.1 Å². The molecular weight excluding hydrogens is 264 g/mol. The molecule has 2 heterocycles. The van der Waals surface area contributed by atoms with Crippen molar-refractivity contribution in [2.24, 2.45) is 7.05 Å². The molecule has 0 aliphatic carbocycles. The molecule has 0 aliphatic rings. The van der Waals surface area contributed by atoms with E-state index in [0.717, 1.165) is 6.20 Å². The predicted molar refractivity (Wildman–Crippen MR) is 70.0 cm³/mol. The lowest BCUT2D eigenvalue weighted by Crippen LogP contribution is -2.40. The van der Waals surface area contributed by atoms with Crippen LogP contribution in [0.3, 0.4) is 0 Å². The summed E-state index contributed by atoms with van der Waals surface area (Å²) in [4.78, 5) is 22.3. The highest BCUT2D eigenvalue weighted by Gasteiger charge is 2.32. The Bertz CT molecular complexity index is 657. The summed E-state index contributed by atoms with van der Waals surface area (Å²) in [7, 11) is 1.73. The van der Waals surface area contributed by atoms with E-state index in [-0.39, 0.29) is 11.6 Å². The van der Waals surface area contributed by atoms with Gasteiger partial charge in [-0.3, -0.25) is 24.3 Å². The van der Waals surface area contributed by atoms with Gasteiger partial charge in [0, 0.05) is 19.3 Å². The zero-order valence-electron chi connectivity index (χ0n) is 11.3. The van der Waals surface area contributed by atoms with Crippen LogP contribution in [0.2, 0.25) is 0 Å². The van der Waals surface area contributed by atoms with Crippen LogP contribution in [0.15, 0.2) is 24.7 Å². The molecule has 0 spiro atoms. The Labute approximate surface area is 114 Å². The van der Waals surface area contributed by atoms with Crippen molar-refractivity contribution in [3.63, 3.8) is 0 Å². The quantitative estimate of drug-likeness (QED) is 0.660. The number of amides is 1. The first-order valence-corrected chi connectivity index (χ1v) is 5.81. The monoisotopic (exact) mass is 278 g/mol. The SMILES string of the molecule is Cn1ccc(NC(=O)C(C)(C)n2cc([N+](=O)[O-])cn2)n1. The van der Waals surface area contributed by atoms with E-state index < -0.39 is 10.5 Å². The van der Waals surface area contributed by atoms with Crippen molar-refractivity contribution in [3.05, 3.63) is 34.8 Å². The van der Waals surface area contributed by atoms with E-state index in [2.05, 4.69) is 15.5 Å². The van der Waals surface area contributed by atoms with Gasteiger partial charge in [-0.25, -0.2) is 0 Å². The number of hydrogen-bond donors (Lipinski definition) is 1. The van der Waals surface area contributed by atoms with Gasteiger partial charge in [0.05, 0.1) is 4.92 Å². The van der Waals surface area contributed by atoms with Gasteiger partial charge in [0.2, 0.25) is 0 Å². The van der Waals surface area contributed by atoms with Crippen LogP contribution >= 0.6 is 0 Å². The number of nitro groups is 1. The molecular formula is C11H14N6O3. The van der Waals surface area contributed by atoms with Crippen molar-refractivity contribution in [3.8, 4) is 0 Å². The molecule has 1 amide bonds. The number of aryl methyl sites for hydroxylation is 1. The second kappa shape index (κ2) is 4.76. The average Bonchev–Trinajstić information content (AvgIpc) is 2.98. The number of aromatic nitrogens is 4. The Hall–Kier alpha value is -2.71. The Morgan fingerprint density at radius 3 is 2.70 bits per heavy atom. The van der Waals surface area contributed by atoms with E-state index in [1.54, 1.807) is 37.8 Å². The summed E-state index contributed by atoms with van der Waals surface area (Å²) in [5.74, 6) is 0.0430. The van der Waals surface area contributed by atoms with Crippen molar-refractivity contribution in [2.75, 3.05) is 5.32 Å². The first kappa shape index (κ1) is 13.7. The van der Waals surface area contributed by atoms with Gasteiger partial charge < -0.3 is 5.32 Å². The van der Waals surface area contributed by atoms with Crippen molar-refractivity contribution < 1.29 is 9.72 Å². The minimum Gasteiger partial charge on any atom is -0.307 e. The fraction of sp³-hybridized carbons (Fsp3) is 0.364. The van der Waals surface area contributed by atoms with Crippen LogP contribution in [0.4, 0.5) is 11.5 Å². The molecule has 0 saturated heterocycles. The van der Waals surface area contributed by atoms with E-state index in [1.165, 1.54) is 10.9 Å². The van der Waals surface area contributed by atoms with Crippen molar-refractivity contribution in [1.29, 1.82) is 0 Å². The molecule has 0 saturated carbocycles. The highest BCUT2D eigenvalue weighted by molar-refractivity contribution is 5.95. The van der Waals surface area contributed by atoms with Crippen molar-refractivity contribution >= 4 is 17.4 Å². The van der Waals surface area contributed by atoms with Gasteiger partial charge in [0.15, 0.2) is 5.82 Å². The van der Waals surface area contributed by atoms with E-state index >= 15 is 0 Å². The van der Waals surface area contributed by atoms with Crippen LogP contribution < -0.4 is 5.32 Å². The number of anilines is 1. The van der Waals surface area contributed by atoms with Gasteiger partial charge in [-0.2, -0.15) is 10.2 Å². The van der Waals surface area contributed by atoms with Gasteiger partial charge in [0.25, 0.3) is 5.91 Å². The first-order chi connectivity index (χ1) is 9.30. The maximum Gasteiger partial charge on any atom is 0.307 e. The third-order valence-electron chi connectivity index (χ3n) is 2.86. The topological polar surface area (TPSA) is 108 Å². The normalized spacial score (nSPS) is 11.3. The molecule has 2 aromatic heterocycles. The molecule has 0 bridgehead atoms. The minimum absolute atomic E-state index is 0.163. The highest BCUT2D eigenvalue weighted by atomic mass is 16.6. The molecule has 20 heavy (non-hydrogen) atoms. The summed E-state index contributed by atoms with van der Waals surface area (Å²) < 4.78 is 2.81. The van der Waals surface area contributed by atoms with Crippen LogP contribution in [0.1, 0.15) is 13.8 Å². The molecule has 2 aromatic rings. The average molecular weight is 278 g/mol. The predicted octanol–water partition coefficient (Wildman–Crippen LogP) is 0.899. The van der Waals surface area contributed by atoms with E-state index in [4.69, 9.17) is 0 Å². The Morgan fingerprint density at radius 1 is 1.50 bits per heavy atom. The zero-order valence-corrected chi connectivity index (χ0v) is 11.3. The number of hydrogen-bond acceptors (Lipinski definition) is 5. The smallest absolute Gasteiger partial charge is 0.307 e. The minimum atomic E-state index is -1.08. The standard InChI is InChI=1S/C11H14N6O3/c1-11(2,16-7-8(6-12-16)17(19)20)10(18)13-9-4-5-15(3)14-9/h4-7H,1-3H3,(H,13,14,18). The van der Waals surface area contributed by atoms with Gasteiger partial charge in [-0.05, 0) is 13.8 Å². The summed E-state index contributed by atoms with van der Waals surface area (Å²) in [6, 6.07) is 1.65. The molecule has 0 aromatic carbocycles.